The highest BCUT2D eigenvalue weighted by atomic mass is 32.2. The zero-order chi connectivity index (χ0) is 12.9. The van der Waals surface area contributed by atoms with Crippen LogP contribution in [0.2, 0.25) is 0 Å². The molecule has 0 aromatic rings. The second-order valence-corrected chi connectivity index (χ2v) is 7.31. The number of carboxylic acid groups (broad SMARTS) is 1. The van der Waals surface area contributed by atoms with E-state index in [9.17, 15) is 13.2 Å². The maximum Gasteiger partial charge on any atom is 0.303 e. The minimum absolute atomic E-state index is 0.0299. The molecule has 1 saturated carbocycles. The average Bonchev–Trinajstić information content (AvgIpc) is 2.63. The van der Waals surface area contributed by atoms with E-state index in [0.29, 0.717) is 5.25 Å². The molecule has 0 bridgehead atoms. The first-order valence-electron chi connectivity index (χ1n) is 5.67. The van der Waals surface area contributed by atoms with Crippen molar-refractivity contribution in [1.82, 2.24) is 4.72 Å². The van der Waals surface area contributed by atoms with E-state index >= 15 is 0 Å². The number of thioether (sulfide) groups is 1. The third-order valence-corrected chi connectivity index (χ3v) is 5.48. The Morgan fingerprint density at radius 1 is 1.47 bits per heavy atom. The van der Waals surface area contributed by atoms with Crippen LogP contribution in [0.1, 0.15) is 32.1 Å². The number of carbonyl (C=O) groups is 1. The highest BCUT2D eigenvalue weighted by Gasteiger charge is 2.27. The van der Waals surface area contributed by atoms with E-state index in [4.69, 9.17) is 5.11 Å². The molecule has 0 heterocycles. The first kappa shape index (κ1) is 14.8. The molecule has 2 atom stereocenters. The van der Waals surface area contributed by atoms with Gasteiger partial charge < -0.3 is 5.11 Å². The van der Waals surface area contributed by atoms with Crippen molar-refractivity contribution in [3.8, 4) is 0 Å². The fraction of sp³-hybridized carbons (Fsp3) is 0.900. The van der Waals surface area contributed by atoms with Gasteiger partial charge in [-0.3, -0.25) is 4.79 Å². The van der Waals surface area contributed by atoms with E-state index in [0.717, 1.165) is 19.3 Å². The van der Waals surface area contributed by atoms with Crippen molar-refractivity contribution < 1.29 is 18.3 Å². The monoisotopic (exact) mass is 281 g/mol. The molecule has 0 aromatic heterocycles. The lowest BCUT2D eigenvalue weighted by atomic mass is 10.3. The fourth-order valence-corrected chi connectivity index (χ4v) is 4.15. The van der Waals surface area contributed by atoms with Crippen molar-refractivity contribution in [3.05, 3.63) is 0 Å². The molecule has 0 saturated heterocycles. The summed E-state index contributed by atoms with van der Waals surface area (Å²) in [5.74, 6) is -1.05. The minimum atomic E-state index is -3.31. The molecular weight excluding hydrogens is 262 g/mol. The van der Waals surface area contributed by atoms with Crippen molar-refractivity contribution in [2.45, 2.75) is 43.4 Å². The molecule has 0 spiro atoms. The molecule has 1 fully saturated rings. The number of hydrogen-bond donors (Lipinski definition) is 2. The molecule has 1 aliphatic carbocycles. The largest absolute Gasteiger partial charge is 0.481 e. The Kier molecular flexibility index (Phi) is 5.75. The zero-order valence-electron chi connectivity index (χ0n) is 9.89. The maximum atomic E-state index is 11.7. The molecule has 2 unspecified atom stereocenters. The van der Waals surface area contributed by atoms with Gasteiger partial charge in [-0.2, -0.15) is 11.8 Å². The summed E-state index contributed by atoms with van der Waals surface area (Å²) in [6, 6.07) is 0.0299. The summed E-state index contributed by atoms with van der Waals surface area (Å²) in [6.07, 6.45) is 4.91. The SMILES string of the molecule is CSC1CCC(NS(=O)(=O)CCCC(=O)O)C1. The van der Waals surface area contributed by atoms with Gasteiger partial charge in [0.05, 0.1) is 5.75 Å². The molecule has 0 radical (unpaired) electrons. The van der Waals surface area contributed by atoms with Gasteiger partial charge in [0.2, 0.25) is 10.0 Å². The number of rotatable bonds is 7. The van der Waals surface area contributed by atoms with Crippen LogP contribution in [0.25, 0.3) is 0 Å². The molecule has 0 aromatic carbocycles. The number of carboxylic acids is 1. The molecule has 0 amide bonds. The Morgan fingerprint density at radius 2 is 2.18 bits per heavy atom. The lowest BCUT2D eigenvalue weighted by Gasteiger charge is -2.12. The van der Waals surface area contributed by atoms with E-state index in [2.05, 4.69) is 4.72 Å². The molecule has 17 heavy (non-hydrogen) atoms. The van der Waals surface area contributed by atoms with Crippen LogP contribution in [0.5, 0.6) is 0 Å². The quantitative estimate of drug-likeness (QED) is 0.729. The molecule has 1 rings (SSSR count). The smallest absolute Gasteiger partial charge is 0.303 e. The van der Waals surface area contributed by atoms with Gasteiger partial charge in [0, 0.05) is 17.7 Å². The summed E-state index contributed by atoms with van der Waals surface area (Å²) in [6.45, 7) is 0. The van der Waals surface area contributed by atoms with E-state index in [1.165, 1.54) is 0 Å². The highest BCUT2D eigenvalue weighted by Crippen LogP contribution is 2.28. The van der Waals surface area contributed by atoms with E-state index < -0.39 is 16.0 Å². The van der Waals surface area contributed by atoms with Gasteiger partial charge in [0.25, 0.3) is 0 Å². The summed E-state index contributed by atoms with van der Waals surface area (Å²) in [5.41, 5.74) is 0. The molecule has 100 valence electrons. The molecule has 2 N–H and O–H groups in total. The van der Waals surface area contributed by atoms with Crippen molar-refractivity contribution >= 4 is 27.8 Å². The first-order chi connectivity index (χ1) is 7.93. The number of aliphatic carboxylic acids is 1. The predicted molar refractivity (Wildman–Crippen MR) is 68.7 cm³/mol. The Hall–Kier alpha value is -0.270. The van der Waals surface area contributed by atoms with Gasteiger partial charge in [0.15, 0.2) is 0 Å². The Labute approximate surface area is 106 Å². The molecule has 1 aliphatic rings. The van der Waals surface area contributed by atoms with Crippen LogP contribution in [-0.2, 0) is 14.8 Å². The summed E-state index contributed by atoms with van der Waals surface area (Å²) in [7, 11) is -3.31. The van der Waals surface area contributed by atoms with Crippen LogP contribution in [0.3, 0.4) is 0 Å². The Bertz CT molecular complexity index is 355. The summed E-state index contributed by atoms with van der Waals surface area (Å²) < 4.78 is 26.0. The summed E-state index contributed by atoms with van der Waals surface area (Å²) in [4.78, 5) is 10.3. The lowest BCUT2D eigenvalue weighted by molar-refractivity contribution is -0.137. The third kappa shape index (κ3) is 5.74. The van der Waals surface area contributed by atoms with Crippen LogP contribution >= 0.6 is 11.8 Å². The average molecular weight is 281 g/mol. The van der Waals surface area contributed by atoms with Gasteiger partial charge in [-0.15, -0.1) is 0 Å². The van der Waals surface area contributed by atoms with Crippen molar-refractivity contribution in [2.75, 3.05) is 12.0 Å². The normalized spacial score (nSPS) is 25.0. The Balaban J connectivity index is 2.32. The maximum absolute atomic E-state index is 11.7. The van der Waals surface area contributed by atoms with Gasteiger partial charge in [0.1, 0.15) is 0 Å². The highest BCUT2D eigenvalue weighted by molar-refractivity contribution is 7.99. The second-order valence-electron chi connectivity index (χ2n) is 4.30. The van der Waals surface area contributed by atoms with Crippen molar-refractivity contribution in [2.24, 2.45) is 0 Å². The third-order valence-electron chi connectivity index (χ3n) is 2.87. The topological polar surface area (TPSA) is 83.5 Å². The van der Waals surface area contributed by atoms with E-state index in [1.54, 1.807) is 11.8 Å². The van der Waals surface area contributed by atoms with E-state index in [1.807, 2.05) is 6.26 Å². The lowest BCUT2D eigenvalue weighted by Crippen LogP contribution is -2.35. The number of sulfonamides is 1. The van der Waals surface area contributed by atoms with Crippen LogP contribution in [0.4, 0.5) is 0 Å². The van der Waals surface area contributed by atoms with E-state index in [-0.39, 0.29) is 24.6 Å². The fourth-order valence-electron chi connectivity index (χ4n) is 1.99. The van der Waals surface area contributed by atoms with Crippen molar-refractivity contribution in [3.63, 3.8) is 0 Å². The van der Waals surface area contributed by atoms with Crippen LogP contribution in [-0.4, -0.2) is 42.8 Å². The molecular formula is C10H19NO4S2. The van der Waals surface area contributed by atoms with Crippen LogP contribution in [0, 0.1) is 0 Å². The van der Waals surface area contributed by atoms with Gasteiger partial charge in [-0.05, 0) is 31.9 Å². The zero-order valence-corrected chi connectivity index (χ0v) is 11.5. The predicted octanol–water partition coefficient (Wildman–Crippen LogP) is 1.05. The van der Waals surface area contributed by atoms with Gasteiger partial charge >= 0.3 is 5.97 Å². The summed E-state index contributed by atoms with van der Waals surface area (Å²) >= 11 is 1.77. The Morgan fingerprint density at radius 3 is 2.71 bits per heavy atom. The van der Waals surface area contributed by atoms with Crippen molar-refractivity contribution in [1.29, 1.82) is 0 Å². The number of hydrogen-bond acceptors (Lipinski definition) is 4. The number of nitrogens with one attached hydrogen (secondary N) is 1. The minimum Gasteiger partial charge on any atom is -0.481 e. The first-order valence-corrected chi connectivity index (χ1v) is 8.61. The molecule has 7 heteroatoms. The van der Waals surface area contributed by atoms with Crippen LogP contribution < -0.4 is 4.72 Å². The standard InChI is InChI=1S/C10H19NO4S2/c1-16-9-5-4-8(7-9)11-17(14,15)6-2-3-10(12)13/h8-9,11H,2-7H2,1H3,(H,12,13). The molecule has 0 aliphatic heterocycles. The molecule has 5 nitrogen and oxygen atoms in total. The second kappa shape index (κ2) is 6.61. The van der Waals surface area contributed by atoms with Gasteiger partial charge in [-0.25, -0.2) is 13.1 Å². The van der Waals surface area contributed by atoms with Crippen LogP contribution in [0.15, 0.2) is 0 Å². The van der Waals surface area contributed by atoms with Gasteiger partial charge in [-0.1, -0.05) is 0 Å². The summed E-state index contributed by atoms with van der Waals surface area (Å²) in [5, 5.41) is 8.99.